The number of benzene rings is 1. The molecule has 1 heterocycles. The van der Waals surface area contributed by atoms with Gasteiger partial charge in [-0.1, -0.05) is 23.4 Å². The SMILES string of the molecule is CCOC(=O)CN(C)C(=O)c1cn(-c2ccccc2)nn1. The van der Waals surface area contributed by atoms with Gasteiger partial charge < -0.3 is 9.64 Å². The van der Waals surface area contributed by atoms with Crippen LogP contribution in [0.4, 0.5) is 0 Å². The van der Waals surface area contributed by atoms with Gasteiger partial charge in [0, 0.05) is 7.05 Å². The Kier molecular flexibility index (Phi) is 4.65. The highest BCUT2D eigenvalue weighted by Crippen LogP contribution is 2.07. The van der Waals surface area contributed by atoms with E-state index in [1.807, 2.05) is 30.3 Å². The van der Waals surface area contributed by atoms with Crippen LogP contribution in [0.2, 0.25) is 0 Å². The van der Waals surface area contributed by atoms with Gasteiger partial charge >= 0.3 is 5.97 Å². The Bertz CT molecular complexity index is 624. The van der Waals surface area contributed by atoms with Crippen LogP contribution in [0, 0.1) is 0 Å². The fourth-order valence-corrected chi connectivity index (χ4v) is 1.74. The lowest BCUT2D eigenvalue weighted by atomic mass is 10.3. The number of rotatable bonds is 5. The van der Waals surface area contributed by atoms with E-state index >= 15 is 0 Å². The molecule has 0 radical (unpaired) electrons. The normalized spacial score (nSPS) is 10.2. The second kappa shape index (κ2) is 6.65. The predicted octanol–water partition coefficient (Wildman–Crippen LogP) is 0.902. The summed E-state index contributed by atoms with van der Waals surface area (Å²) in [4.78, 5) is 24.7. The number of ether oxygens (including phenoxy) is 1. The lowest BCUT2D eigenvalue weighted by Crippen LogP contribution is -2.33. The van der Waals surface area contributed by atoms with E-state index in [9.17, 15) is 9.59 Å². The zero-order valence-corrected chi connectivity index (χ0v) is 11.9. The highest BCUT2D eigenvalue weighted by molar-refractivity contribution is 5.93. The van der Waals surface area contributed by atoms with Gasteiger partial charge in [-0.05, 0) is 19.1 Å². The molecule has 1 aromatic carbocycles. The van der Waals surface area contributed by atoms with Crippen LogP contribution in [0.5, 0.6) is 0 Å². The summed E-state index contributed by atoms with van der Waals surface area (Å²) in [7, 11) is 1.51. The van der Waals surface area contributed by atoms with Crippen LogP contribution in [0.25, 0.3) is 5.69 Å². The minimum atomic E-state index is -0.455. The quantitative estimate of drug-likeness (QED) is 0.764. The summed E-state index contributed by atoms with van der Waals surface area (Å²) in [5.41, 5.74) is 0.975. The Morgan fingerprint density at radius 1 is 1.29 bits per heavy atom. The molecule has 2 aromatic rings. The number of amides is 1. The molecular formula is C14H16N4O3. The van der Waals surface area contributed by atoms with Crippen molar-refractivity contribution in [2.24, 2.45) is 0 Å². The molecule has 0 saturated carbocycles. The first-order valence-corrected chi connectivity index (χ1v) is 6.50. The number of para-hydroxylation sites is 1. The Hall–Kier alpha value is -2.70. The number of aromatic nitrogens is 3. The van der Waals surface area contributed by atoms with Crippen LogP contribution in [0.15, 0.2) is 36.5 Å². The maximum Gasteiger partial charge on any atom is 0.325 e. The molecule has 7 nitrogen and oxygen atoms in total. The first-order chi connectivity index (χ1) is 10.1. The van der Waals surface area contributed by atoms with Crippen molar-refractivity contribution in [3.05, 3.63) is 42.2 Å². The van der Waals surface area contributed by atoms with Crippen molar-refractivity contribution in [3.8, 4) is 5.69 Å². The molecule has 0 saturated heterocycles. The van der Waals surface area contributed by atoms with Crippen molar-refractivity contribution < 1.29 is 14.3 Å². The van der Waals surface area contributed by atoms with Crippen LogP contribution < -0.4 is 0 Å². The Morgan fingerprint density at radius 3 is 2.67 bits per heavy atom. The average Bonchev–Trinajstić information content (AvgIpc) is 2.97. The molecule has 0 bridgehead atoms. The molecule has 7 heteroatoms. The maximum atomic E-state index is 12.1. The minimum absolute atomic E-state index is 0.120. The third-order valence-electron chi connectivity index (χ3n) is 2.75. The van der Waals surface area contributed by atoms with Gasteiger partial charge in [0.2, 0.25) is 0 Å². The summed E-state index contributed by atoms with van der Waals surface area (Å²) in [5, 5.41) is 7.74. The highest BCUT2D eigenvalue weighted by atomic mass is 16.5. The number of carbonyl (C=O) groups is 2. The number of carbonyl (C=O) groups excluding carboxylic acids is 2. The van der Waals surface area contributed by atoms with Crippen LogP contribution >= 0.6 is 0 Å². The van der Waals surface area contributed by atoms with Crippen molar-refractivity contribution >= 4 is 11.9 Å². The largest absolute Gasteiger partial charge is 0.465 e. The molecule has 110 valence electrons. The molecule has 0 aliphatic rings. The number of likely N-dealkylation sites (N-methyl/N-ethyl adjacent to an activating group) is 1. The van der Waals surface area contributed by atoms with Crippen molar-refractivity contribution in [2.75, 3.05) is 20.2 Å². The van der Waals surface area contributed by atoms with Crippen LogP contribution in [-0.2, 0) is 9.53 Å². The van der Waals surface area contributed by atoms with Gasteiger partial charge in [0.1, 0.15) is 6.54 Å². The van der Waals surface area contributed by atoms with Gasteiger partial charge in [0.15, 0.2) is 5.69 Å². The number of esters is 1. The topological polar surface area (TPSA) is 77.3 Å². The van der Waals surface area contributed by atoms with Crippen molar-refractivity contribution in [1.82, 2.24) is 19.9 Å². The van der Waals surface area contributed by atoms with Gasteiger partial charge in [0.05, 0.1) is 18.5 Å². The number of nitrogens with zero attached hydrogens (tertiary/aromatic N) is 4. The molecule has 1 amide bonds. The van der Waals surface area contributed by atoms with E-state index in [1.165, 1.54) is 22.8 Å². The predicted molar refractivity (Wildman–Crippen MR) is 75.0 cm³/mol. The van der Waals surface area contributed by atoms with Gasteiger partial charge in [0.25, 0.3) is 5.91 Å². The average molecular weight is 288 g/mol. The first-order valence-electron chi connectivity index (χ1n) is 6.50. The molecule has 0 aliphatic heterocycles. The van der Waals surface area contributed by atoms with E-state index in [4.69, 9.17) is 4.74 Å². The zero-order chi connectivity index (χ0) is 15.2. The third kappa shape index (κ3) is 3.65. The van der Waals surface area contributed by atoms with Crippen LogP contribution in [-0.4, -0.2) is 52.0 Å². The van der Waals surface area contributed by atoms with Gasteiger partial charge in [-0.3, -0.25) is 9.59 Å². The molecule has 0 atom stereocenters. The lowest BCUT2D eigenvalue weighted by Gasteiger charge is -2.13. The summed E-state index contributed by atoms with van der Waals surface area (Å²) in [6.45, 7) is 1.88. The molecule has 21 heavy (non-hydrogen) atoms. The number of hydrogen-bond donors (Lipinski definition) is 0. The number of hydrogen-bond acceptors (Lipinski definition) is 5. The Labute approximate surface area is 122 Å². The third-order valence-corrected chi connectivity index (χ3v) is 2.75. The van der Waals surface area contributed by atoms with Gasteiger partial charge in [-0.2, -0.15) is 0 Å². The fraction of sp³-hybridized carbons (Fsp3) is 0.286. The monoisotopic (exact) mass is 288 g/mol. The maximum absolute atomic E-state index is 12.1. The summed E-state index contributed by atoms with van der Waals surface area (Å²) < 4.78 is 6.30. The molecule has 1 aromatic heterocycles. The molecule has 0 aliphatic carbocycles. The molecule has 0 unspecified atom stereocenters. The summed E-state index contributed by atoms with van der Waals surface area (Å²) in [6, 6.07) is 9.33. The molecular weight excluding hydrogens is 272 g/mol. The van der Waals surface area contributed by atoms with E-state index in [0.717, 1.165) is 5.69 Å². The molecule has 0 spiro atoms. The van der Waals surface area contributed by atoms with Crippen molar-refractivity contribution in [2.45, 2.75) is 6.92 Å². The van der Waals surface area contributed by atoms with Crippen LogP contribution in [0.3, 0.4) is 0 Å². The summed E-state index contributed by atoms with van der Waals surface area (Å²) >= 11 is 0. The van der Waals surface area contributed by atoms with Gasteiger partial charge in [-0.15, -0.1) is 5.10 Å². The highest BCUT2D eigenvalue weighted by Gasteiger charge is 2.18. The first kappa shape index (κ1) is 14.7. The summed E-state index contributed by atoms with van der Waals surface area (Å²) in [6.07, 6.45) is 1.53. The smallest absolute Gasteiger partial charge is 0.325 e. The molecule has 0 N–H and O–H groups in total. The summed E-state index contributed by atoms with van der Waals surface area (Å²) in [5.74, 6) is -0.839. The fourth-order valence-electron chi connectivity index (χ4n) is 1.74. The van der Waals surface area contributed by atoms with E-state index < -0.39 is 5.97 Å². The molecule has 0 fully saturated rings. The second-order valence-corrected chi connectivity index (χ2v) is 4.35. The Balaban J connectivity index is 2.07. The molecule has 2 rings (SSSR count). The van der Waals surface area contributed by atoms with Gasteiger partial charge in [-0.25, -0.2) is 4.68 Å². The Morgan fingerprint density at radius 2 is 2.00 bits per heavy atom. The van der Waals surface area contributed by atoms with E-state index in [0.29, 0.717) is 0 Å². The van der Waals surface area contributed by atoms with E-state index in [2.05, 4.69) is 10.3 Å². The van der Waals surface area contributed by atoms with Crippen molar-refractivity contribution in [1.29, 1.82) is 0 Å². The minimum Gasteiger partial charge on any atom is -0.465 e. The van der Waals surface area contributed by atoms with E-state index in [1.54, 1.807) is 6.92 Å². The zero-order valence-electron chi connectivity index (χ0n) is 11.9. The van der Waals surface area contributed by atoms with Crippen LogP contribution in [0.1, 0.15) is 17.4 Å². The van der Waals surface area contributed by atoms with E-state index in [-0.39, 0.29) is 24.8 Å². The van der Waals surface area contributed by atoms with Crippen molar-refractivity contribution in [3.63, 3.8) is 0 Å². The lowest BCUT2D eigenvalue weighted by molar-refractivity contribution is -0.143. The standard InChI is InChI=1S/C14H16N4O3/c1-3-21-13(19)10-17(2)14(20)12-9-18(16-15-12)11-7-5-4-6-8-11/h4-9H,3,10H2,1-2H3. The second-order valence-electron chi connectivity index (χ2n) is 4.35.